The monoisotopic (exact) mass is 213 g/mol. The number of aromatic nitrogens is 1. The van der Waals surface area contributed by atoms with E-state index in [0.717, 1.165) is 0 Å². The first-order valence-corrected chi connectivity index (χ1v) is 3.57. The standard InChI is InChI=1S/C6H3Cl2F2NO/c1-12-4-2(7)5(9)11-6(10)3(4)8/h1H3. The summed E-state index contributed by atoms with van der Waals surface area (Å²) in [4.78, 5) is 2.80. The zero-order chi connectivity index (χ0) is 9.30. The number of pyridine rings is 1. The van der Waals surface area contributed by atoms with Crippen molar-refractivity contribution in [1.82, 2.24) is 4.98 Å². The second-order valence-corrected chi connectivity index (χ2v) is 2.61. The van der Waals surface area contributed by atoms with Crippen molar-refractivity contribution in [2.75, 3.05) is 7.11 Å². The molecule has 6 heteroatoms. The Kier molecular flexibility index (Phi) is 2.69. The Morgan fingerprint density at radius 1 is 1.17 bits per heavy atom. The van der Waals surface area contributed by atoms with Gasteiger partial charge < -0.3 is 4.74 Å². The Balaban J connectivity index is 3.42. The number of methoxy groups -OCH3 is 1. The number of nitrogens with zero attached hydrogens (tertiary/aromatic N) is 1. The van der Waals surface area contributed by atoms with Gasteiger partial charge in [0, 0.05) is 0 Å². The molecule has 1 aromatic heterocycles. The highest BCUT2D eigenvalue weighted by Crippen LogP contribution is 2.34. The van der Waals surface area contributed by atoms with Gasteiger partial charge in [-0.1, -0.05) is 23.2 Å². The van der Waals surface area contributed by atoms with Crippen LogP contribution < -0.4 is 4.74 Å². The quantitative estimate of drug-likeness (QED) is 0.670. The lowest BCUT2D eigenvalue weighted by Crippen LogP contribution is -1.96. The van der Waals surface area contributed by atoms with Gasteiger partial charge in [-0.3, -0.25) is 0 Å². The van der Waals surface area contributed by atoms with Crippen molar-refractivity contribution in [1.29, 1.82) is 0 Å². The van der Waals surface area contributed by atoms with Crippen LogP contribution in [0.15, 0.2) is 0 Å². The van der Waals surface area contributed by atoms with E-state index in [9.17, 15) is 8.78 Å². The Labute approximate surface area is 77.1 Å². The zero-order valence-corrected chi connectivity index (χ0v) is 7.38. The maximum Gasteiger partial charge on any atom is 0.238 e. The Morgan fingerprint density at radius 2 is 1.58 bits per heavy atom. The molecular weight excluding hydrogens is 211 g/mol. The van der Waals surface area contributed by atoms with Gasteiger partial charge in [0.15, 0.2) is 5.75 Å². The summed E-state index contributed by atoms with van der Waals surface area (Å²) in [6, 6.07) is 0. The van der Waals surface area contributed by atoms with Crippen LogP contribution in [0, 0.1) is 11.9 Å². The molecule has 0 N–H and O–H groups in total. The van der Waals surface area contributed by atoms with Crippen molar-refractivity contribution in [3.05, 3.63) is 21.9 Å². The van der Waals surface area contributed by atoms with Gasteiger partial charge in [0.05, 0.1) is 7.11 Å². The topological polar surface area (TPSA) is 22.1 Å². The summed E-state index contributed by atoms with van der Waals surface area (Å²) >= 11 is 10.7. The fraction of sp³-hybridized carbons (Fsp3) is 0.167. The van der Waals surface area contributed by atoms with Crippen molar-refractivity contribution in [3.63, 3.8) is 0 Å². The molecule has 1 heterocycles. The molecule has 0 aromatic carbocycles. The van der Waals surface area contributed by atoms with E-state index in [2.05, 4.69) is 9.72 Å². The fourth-order valence-corrected chi connectivity index (χ4v) is 1.12. The van der Waals surface area contributed by atoms with E-state index < -0.39 is 21.9 Å². The van der Waals surface area contributed by atoms with Crippen LogP contribution in [-0.4, -0.2) is 12.1 Å². The van der Waals surface area contributed by atoms with Crippen LogP contribution in [0.5, 0.6) is 5.75 Å². The van der Waals surface area contributed by atoms with Gasteiger partial charge in [0.2, 0.25) is 11.9 Å². The van der Waals surface area contributed by atoms with Crippen LogP contribution in [0.25, 0.3) is 0 Å². The third-order valence-corrected chi connectivity index (χ3v) is 1.82. The van der Waals surface area contributed by atoms with Crippen LogP contribution >= 0.6 is 23.2 Å². The molecular formula is C6H3Cl2F2NO. The highest BCUT2D eigenvalue weighted by molar-refractivity contribution is 6.37. The second-order valence-electron chi connectivity index (χ2n) is 1.85. The van der Waals surface area contributed by atoms with Crippen LogP contribution in [0.1, 0.15) is 0 Å². The lowest BCUT2D eigenvalue weighted by Gasteiger charge is -2.05. The summed E-state index contributed by atoms with van der Waals surface area (Å²) in [5, 5.41) is -0.854. The smallest absolute Gasteiger partial charge is 0.238 e. The third-order valence-electron chi connectivity index (χ3n) is 1.16. The third kappa shape index (κ3) is 1.44. The molecule has 0 aliphatic rings. The minimum Gasteiger partial charge on any atom is -0.493 e. The molecule has 66 valence electrons. The normalized spacial score (nSPS) is 10.1. The average molecular weight is 214 g/mol. The van der Waals surface area contributed by atoms with Crippen molar-refractivity contribution < 1.29 is 13.5 Å². The van der Waals surface area contributed by atoms with E-state index in [-0.39, 0.29) is 5.75 Å². The van der Waals surface area contributed by atoms with Crippen LogP contribution in [0.3, 0.4) is 0 Å². The lowest BCUT2D eigenvalue weighted by atomic mass is 10.4. The molecule has 0 radical (unpaired) electrons. The predicted octanol–water partition coefficient (Wildman–Crippen LogP) is 2.68. The van der Waals surface area contributed by atoms with Gasteiger partial charge in [-0.15, -0.1) is 0 Å². The van der Waals surface area contributed by atoms with Gasteiger partial charge in [-0.25, -0.2) is 0 Å². The van der Waals surface area contributed by atoms with Gasteiger partial charge in [0.25, 0.3) is 0 Å². The van der Waals surface area contributed by atoms with Crippen LogP contribution in [-0.2, 0) is 0 Å². The molecule has 0 unspecified atom stereocenters. The van der Waals surface area contributed by atoms with E-state index in [1.54, 1.807) is 0 Å². The molecule has 12 heavy (non-hydrogen) atoms. The summed E-state index contributed by atoms with van der Waals surface area (Å²) in [7, 11) is 1.20. The Hall–Kier alpha value is -0.610. The Bertz CT molecular complexity index is 293. The molecule has 0 amide bonds. The first-order chi connectivity index (χ1) is 5.57. The second kappa shape index (κ2) is 3.41. The highest BCUT2D eigenvalue weighted by Gasteiger charge is 2.17. The van der Waals surface area contributed by atoms with E-state index >= 15 is 0 Å². The molecule has 0 saturated carbocycles. The molecule has 0 aliphatic carbocycles. The number of hydrogen-bond donors (Lipinski definition) is 0. The maximum absolute atomic E-state index is 12.6. The maximum atomic E-state index is 12.6. The molecule has 1 rings (SSSR count). The van der Waals surface area contributed by atoms with Crippen molar-refractivity contribution in [2.45, 2.75) is 0 Å². The van der Waals surface area contributed by atoms with E-state index in [1.807, 2.05) is 0 Å². The predicted molar refractivity (Wildman–Crippen MR) is 40.7 cm³/mol. The summed E-state index contributed by atoms with van der Waals surface area (Å²) < 4.78 is 29.7. The molecule has 0 fully saturated rings. The summed E-state index contributed by atoms with van der Waals surface area (Å²) in [6.45, 7) is 0. The lowest BCUT2D eigenvalue weighted by molar-refractivity contribution is 0.400. The van der Waals surface area contributed by atoms with Gasteiger partial charge in [-0.05, 0) is 0 Å². The molecule has 0 spiro atoms. The molecule has 0 atom stereocenters. The summed E-state index contributed by atoms with van der Waals surface area (Å²) in [6.07, 6.45) is 0. The minimum atomic E-state index is -1.14. The molecule has 1 aromatic rings. The van der Waals surface area contributed by atoms with Gasteiger partial charge in [-0.2, -0.15) is 13.8 Å². The van der Waals surface area contributed by atoms with Crippen molar-refractivity contribution in [3.8, 4) is 5.75 Å². The number of ether oxygens (including phenoxy) is 1. The SMILES string of the molecule is COc1c(Cl)c(F)nc(F)c1Cl. The van der Waals surface area contributed by atoms with Gasteiger partial charge in [0.1, 0.15) is 10.0 Å². The molecule has 2 nitrogen and oxygen atoms in total. The van der Waals surface area contributed by atoms with Crippen LogP contribution in [0.4, 0.5) is 8.78 Å². The fourth-order valence-electron chi connectivity index (χ4n) is 0.647. The van der Waals surface area contributed by atoms with Crippen LogP contribution in [0.2, 0.25) is 10.0 Å². The number of halogens is 4. The average Bonchev–Trinajstić information content (AvgIpc) is 2.02. The molecule has 0 saturated heterocycles. The highest BCUT2D eigenvalue weighted by atomic mass is 35.5. The largest absolute Gasteiger partial charge is 0.493 e. The number of rotatable bonds is 1. The minimum absolute atomic E-state index is 0.247. The van der Waals surface area contributed by atoms with Gasteiger partial charge >= 0.3 is 0 Å². The van der Waals surface area contributed by atoms with Crippen molar-refractivity contribution in [2.24, 2.45) is 0 Å². The first-order valence-electron chi connectivity index (χ1n) is 2.82. The Morgan fingerprint density at radius 3 is 1.92 bits per heavy atom. The van der Waals surface area contributed by atoms with E-state index in [4.69, 9.17) is 23.2 Å². The zero-order valence-electron chi connectivity index (χ0n) is 5.87. The van der Waals surface area contributed by atoms with E-state index in [0.29, 0.717) is 0 Å². The summed E-state index contributed by atoms with van der Waals surface area (Å²) in [5.74, 6) is -2.53. The first kappa shape index (κ1) is 9.48. The molecule has 0 aliphatic heterocycles. The van der Waals surface area contributed by atoms with E-state index in [1.165, 1.54) is 7.11 Å². The van der Waals surface area contributed by atoms with Crippen molar-refractivity contribution >= 4 is 23.2 Å². The summed E-state index contributed by atoms with van der Waals surface area (Å²) in [5.41, 5.74) is 0. The number of hydrogen-bond acceptors (Lipinski definition) is 2. The molecule has 0 bridgehead atoms.